The van der Waals surface area contributed by atoms with Crippen molar-refractivity contribution in [1.29, 1.82) is 0 Å². The van der Waals surface area contributed by atoms with Gasteiger partial charge in [0, 0.05) is 5.54 Å². The second-order valence-corrected chi connectivity index (χ2v) is 8.73. The maximum atomic E-state index is 6.12. The van der Waals surface area contributed by atoms with Crippen LogP contribution in [0, 0.1) is 5.92 Å². The highest BCUT2D eigenvalue weighted by molar-refractivity contribution is 4.85. The molecule has 2 aliphatic rings. The van der Waals surface area contributed by atoms with Gasteiger partial charge in [0.05, 0.1) is 18.8 Å². The van der Waals surface area contributed by atoms with E-state index in [2.05, 4.69) is 39.5 Å². The normalized spacial score (nSPS) is 22.8. The van der Waals surface area contributed by atoms with E-state index < -0.39 is 0 Å². The van der Waals surface area contributed by atoms with Gasteiger partial charge in [0.25, 0.3) is 0 Å². The van der Waals surface area contributed by atoms with Crippen molar-refractivity contribution in [2.75, 3.05) is 26.3 Å². The topological polar surface area (TPSA) is 21.7 Å². The van der Waals surface area contributed by atoms with E-state index in [4.69, 9.17) is 9.47 Å². The van der Waals surface area contributed by atoms with Crippen LogP contribution in [0.3, 0.4) is 0 Å². The van der Waals surface area contributed by atoms with E-state index in [-0.39, 0.29) is 5.60 Å². The molecule has 0 radical (unpaired) electrons. The second-order valence-electron chi connectivity index (χ2n) is 8.73. The van der Waals surface area contributed by atoms with Crippen LogP contribution in [0.1, 0.15) is 73.1 Å². The third-order valence-electron chi connectivity index (χ3n) is 5.54. The summed E-state index contributed by atoms with van der Waals surface area (Å²) in [4.78, 5) is 2.68. The lowest BCUT2D eigenvalue weighted by atomic mass is 9.87. The first kappa shape index (κ1) is 18.2. The summed E-state index contributed by atoms with van der Waals surface area (Å²) in [5.74, 6) is 0.780. The average Bonchev–Trinajstić information content (AvgIpc) is 2.94. The fourth-order valence-corrected chi connectivity index (χ4v) is 3.61. The lowest BCUT2D eigenvalue weighted by molar-refractivity contribution is -0.184. The largest absolute Gasteiger partial charge is 0.376 e. The molecule has 0 aliphatic carbocycles. The molecule has 0 aromatic heterocycles. The van der Waals surface area contributed by atoms with E-state index in [9.17, 15) is 0 Å². The predicted octanol–water partition coefficient (Wildman–Crippen LogP) is 4.25. The molecule has 22 heavy (non-hydrogen) atoms. The first-order valence-corrected chi connectivity index (χ1v) is 9.29. The first-order chi connectivity index (χ1) is 10.3. The van der Waals surface area contributed by atoms with Crippen LogP contribution in [0.4, 0.5) is 0 Å². The molecule has 0 saturated carbocycles. The summed E-state index contributed by atoms with van der Waals surface area (Å²) in [5, 5.41) is 0. The van der Waals surface area contributed by atoms with Gasteiger partial charge in [-0.1, -0.05) is 6.92 Å². The summed E-state index contributed by atoms with van der Waals surface area (Å²) in [6, 6.07) is 0. The quantitative estimate of drug-likeness (QED) is 0.635. The van der Waals surface area contributed by atoms with Gasteiger partial charge in [-0.3, -0.25) is 4.90 Å². The second kappa shape index (κ2) is 7.63. The molecule has 2 rings (SSSR count). The van der Waals surface area contributed by atoms with Crippen molar-refractivity contribution in [3.63, 3.8) is 0 Å². The van der Waals surface area contributed by atoms with E-state index >= 15 is 0 Å². The van der Waals surface area contributed by atoms with Crippen molar-refractivity contribution in [2.24, 2.45) is 5.92 Å². The monoisotopic (exact) mass is 311 g/mol. The molecule has 2 fully saturated rings. The molecule has 3 nitrogen and oxygen atoms in total. The maximum Gasteiger partial charge on any atom is 0.105 e. The van der Waals surface area contributed by atoms with Gasteiger partial charge >= 0.3 is 0 Å². The molecule has 0 aromatic rings. The van der Waals surface area contributed by atoms with Gasteiger partial charge in [0.1, 0.15) is 6.10 Å². The minimum absolute atomic E-state index is 0.00677. The van der Waals surface area contributed by atoms with Gasteiger partial charge in [-0.15, -0.1) is 0 Å². The van der Waals surface area contributed by atoms with Crippen LogP contribution in [0.5, 0.6) is 0 Å². The SMILES string of the molecule is CC(CCC(C)(C)OC1COC1)CCC(C)(C)N1CCCC1. The van der Waals surface area contributed by atoms with Crippen LogP contribution >= 0.6 is 0 Å². The highest BCUT2D eigenvalue weighted by Gasteiger charge is 2.30. The average molecular weight is 312 g/mol. The Balaban J connectivity index is 1.65. The molecule has 0 N–H and O–H groups in total. The maximum absolute atomic E-state index is 6.12. The number of likely N-dealkylation sites (tertiary alicyclic amines) is 1. The van der Waals surface area contributed by atoms with E-state index in [1.807, 2.05) is 0 Å². The summed E-state index contributed by atoms with van der Waals surface area (Å²) in [6.45, 7) is 15.9. The van der Waals surface area contributed by atoms with E-state index in [1.54, 1.807) is 0 Å². The van der Waals surface area contributed by atoms with E-state index in [1.165, 1.54) is 45.2 Å². The third-order valence-corrected chi connectivity index (χ3v) is 5.54. The Hall–Kier alpha value is -0.120. The minimum Gasteiger partial charge on any atom is -0.376 e. The predicted molar refractivity (Wildman–Crippen MR) is 92.3 cm³/mol. The molecular weight excluding hydrogens is 274 g/mol. The van der Waals surface area contributed by atoms with Gasteiger partial charge in [0.2, 0.25) is 0 Å². The van der Waals surface area contributed by atoms with Crippen molar-refractivity contribution >= 4 is 0 Å². The summed E-state index contributed by atoms with van der Waals surface area (Å²) in [7, 11) is 0. The van der Waals surface area contributed by atoms with Crippen molar-refractivity contribution in [3.8, 4) is 0 Å². The van der Waals surface area contributed by atoms with E-state index in [0.29, 0.717) is 11.6 Å². The fourth-order valence-electron chi connectivity index (χ4n) is 3.61. The molecule has 2 aliphatic heterocycles. The molecule has 130 valence electrons. The van der Waals surface area contributed by atoms with Crippen LogP contribution in [0.15, 0.2) is 0 Å². The highest BCUT2D eigenvalue weighted by Crippen LogP contribution is 2.30. The number of hydrogen-bond donors (Lipinski definition) is 0. The van der Waals surface area contributed by atoms with Crippen LogP contribution in [0.25, 0.3) is 0 Å². The Bertz CT molecular complexity index is 330. The van der Waals surface area contributed by atoms with Gasteiger partial charge < -0.3 is 9.47 Å². The summed E-state index contributed by atoms with van der Waals surface area (Å²) in [5.41, 5.74) is 0.368. The number of ether oxygens (including phenoxy) is 2. The first-order valence-electron chi connectivity index (χ1n) is 9.29. The zero-order valence-corrected chi connectivity index (χ0v) is 15.5. The molecule has 2 saturated heterocycles. The summed E-state index contributed by atoms with van der Waals surface area (Å²) in [6.07, 6.45) is 8.15. The number of hydrogen-bond acceptors (Lipinski definition) is 3. The molecule has 0 aromatic carbocycles. The van der Waals surface area contributed by atoms with Gasteiger partial charge in [-0.05, 0) is 85.2 Å². The van der Waals surface area contributed by atoms with Crippen LogP contribution < -0.4 is 0 Å². The molecule has 1 atom stereocenters. The molecule has 0 bridgehead atoms. The fraction of sp³-hybridized carbons (Fsp3) is 1.00. The molecule has 0 spiro atoms. The van der Waals surface area contributed by atoms with Crippen molar-refractivity contribution in [1.82, 2.24) is 4.90 Å². The molecular formula is C19H37NO2. The zero-order valence-electron chi connectivity index (χ0n) is 15.5. The molecule has 2 heterocycles. The standard InChI is InChI=1S/C19H37NO2/c1-16(8-10-18(2,3)20-12-6-7-13-20)9-11-19(4,5)22-17-14-21-15-17/h16-17H,6-15H2,1-5H3. The van der Waals surface area contributed by atoms with Crippen molar-refractivity contribution < 1.29 is 9.47 Å². The van der Waals surface area contributed by atoms with Crippen LogP contribution in [-0.2, 0) is 9.47 Å². The number of rotatable bonds is 9. The summed E-state index contributed by atoms with van der Waals surface area (Å²) >= 11 is 0. The third kappa shape index (κ3) is 5.50. The van der Waals surface area contributed by atoms with Crippen LogP contribution in [0.2, 0.25) is 0 Å². The smallest absolute Gasteiger partial charge is 0.105 e. The van der Waals surface area contributed by atoms with Crippen molar-refractivity contribution in [3.05, 3.63) is 0 Å². The van der Waals surface area contributed by atoms with Crippen LogP contribution in [-0.4, -0.2) is 48.4 Å². The Kier molecular flexibility index (Phi) is 6.32. The molecule has 0 amide bonds. The van der Waals surface area contributed by atoms with Gasteiger partial charge in [-0.25, -0.2) is 0 Å². The Labute approximate surface area is 137 Å². The minimum atomic E-state index is -0.00677. The number of nitrogens with zero attached hydrogens (tertiary/aromatic N) is 1. The molecule has 1 unspecified atom stereocenters. The summed E-state index contributed by atoms with van der Waals surface area (Å²) < 4.78 is 11.3. The van der Waals surface area contributed by atoms with E-state index in [0.717, 1.165) is 25.6 Å². The lowest BCUT2D eigenvalue weighted by Crippen LogP contribution is -2.43. The Morgan fingerprint density at radius 3 is 2.18 bits per heavy atom. The van der Waals surface area contributed by atoms with Gasteiger partial charge in [0.15, 0.2) is 0 Å². The van der Waals surface area contributed by atoms with Gasteiger partial charge in [-0.2, -0.15) is 0 Å². The van der Waals surface area contributed by atoms with Crippen molar-refractivity contribution in [2.45, 2.75) is 90.4 Å². The molecule has 3 heteroatoms. The lowest BCUT2D eigenvalue weighted by Gasteiger charge is -2.37. The zero-order chi connectivity index (χ0) is 16.2. The Morgan fingerprint density at radius 1 is 1.05 bits per heavy atom. The highest BCUT2D eigenvalue weighted by atomic mass is 16.6. The Morgan fingerprint density at radius 2 is 1.64 bits per heavy atom.